The van der Waals surface area contributed by atoms with Crippen molar-refractivity contribution in [2.24, 2.45) is 5.92 Å². The standard InChI is InChI=1S/C20H28N4/c1-3-16(2)23-19-14-20(22-15-21-19)24-11-9-18(10-12-24)13-17-7-5-4-6-8-17/h4-8,14-16,18H,3,9-13H2,1-2H3,(H,21,22,23). The Labute approximate surface area is 145 Å². The van der Waals surface area contributed by atoms with Crippen molar-refractivity contribution in [3.8, 4) is 0 Å². The van der Waals surface area contributed by atoms with Gasteiger partial charge in [0.25, 0.3) is 0 Å². The maximum atomic E-state index is 4.48. The highest BCUT2D eigenvalue weighted by atomic mass is 15.2. The number of rotatable bonds is 6. The van der Waals surface area contributed by atoms with E-state index in [9.17, 15) is 0 Å². The van der Waals surface area contributed by atoms with Crippen LogP contribution < -0.4 is 10.2 Å². The maximum absolute atomic E-state index is 4.48. The van der Waals surface area contributed by atoms with Crippen LogP contribution in [0.2, 0.25) is 0 Å². The molecule has 0 amide bonds. The van der Waals surface area contributed by atoms with E-state index in [0.717, 1.165) is 37.1 Å². The molecule has 0 radical (unpaired) electrons. The first-order chi connectivity index (χ1) is 11.7. The molecule has 4 heteroatoms. The van der Waals surface area contributed by atoms with Gasteiger partial charge in [-0.25, -0.2) is 9.97 Å². The van der Waals surface area contributed by atoms with E-state index in [2.05, 4.69) is 70.4 Å². The van der Waals surface area contributed by atoms with Gasteiger partial charge in [-0.05, 0) is 44.1 Å². The van der Waals surface area contributed by atoms with Crippen LogP contribution in [0.1, 0.15) is 38.7 Å². The fourth-order valence-corrected chi connectivity index (χ4v) is 3.27. The zero-order chi connectivity index (χ0) is 16.8. The van der Waals surface area contributed by atoms with Crippen molar-refractivity contribution in [3.63, 3.8) is 0 Å². The van der Waals surface area contributed by atoms with Crippen LogP contribution >= 0.6 is 0 Å². The van der Waals surface area contributed by atoms with Crippen LogP contribution in [0.25, 0.3) is 0 Å². The monoisotopic (exact) mass is 324 g/mol. The Kier molecular flexibility index (Phi) is 5.68. The Morgan fingerprint density at radius 3 is 2.62 bits per heavy atom. The largest absolute Gasteiger partial charge is 0.367 e. The summed E-state index contributed by atoms with van der Waals surface area (Å²) in [6.07, 6.45) is 6.42. The fraction of sp³-hybridized carbons (Fsp3) is 0.500. The lowest BCUT2D eigenvalue weighted by Crippen LogP contribution is -2.35. The van der Waals surface area contributed by atoms with Crippen LogP contribution in [0.4, 0.5) is 11.6 Å². The van der Waals surface area contributed by atoms with Crippen molar-refractivity contribution in [2.75, 3.05) is 23.3 Å². The molecule has 1 unspecified atom stereocenters. The molecule has 128 valence electrons. The summed E-state index contributed by atoms with van der Waals surface area (Å²) in [5.41, 5.74) is 1.46. The fourth-order valence-electron chi connectivity index (χ4n) is 3.27. The van der Waals surface area contributed by atoms with Gasteiger partial charge in [-0.1, -0.05) is 37.3 Å². The molecule has 1 aromatic heterocycles. The van der Waals surface area contributed by atoms with Crippen LogP contribution in [0.15, 0.2) is 42.7 Å². The highest BCUT2D eigenvalue weighted by molar-refractivity contribution is 5.49. The minimum Gasteiger partial charge on any atom is -0.367 e. The second kappa shape index (κ2) is 8.13. The predicted molar refractivity (Wildman–Crippen MR) is 100 cm³/mol. The van der Waals surface area contributed by atoms with Crippen LogP contribution in [0.3, 0.4) is 0 Å². The second-order valence-corrected chi connectivity index (χ2v) is 6.84. The smallest absolute Gasteiger partial charge is 0.134 e. The van der Waals surface area contributed by atoms with E-state index in [-0.39, 0.29) is 0 Å². The van der Waals surface area contributed by atoms with Gasteiger partial charge in [-0.2, -0.15) is 0 Å². The summed E-state index contributed by atoms with van der Waals surface area (Å²) >= 11 is 0. The van der Waals surface area contributed by atoms with Gasteiger partial charge in [0, 0.05) is 25.2 Å². The molecule has 0 bridgehead atoms. The number of hydrogen-bond acceptors (Lipinski definition) is 4. The number of hydrogen-bond donors (Lipinski definition) is 1. The van der Waals surface area contributed by atoms with Gasteiger partial charge < -0.3 is 10.2 Å². The van der Waals surface area contributed by atoms with Gasteiger partial charge in [0.1, 0.15) is 18.0 Å². The first kappa shape index (κ1) is 16.7. The van der Waals surface area contributed by atoms with Crippen molar-refractivity contribution < 1.29 is 0 Å². The SMILES string of the molecule is CCC(C)Nc1cc(N2CCC(Cc3ccccc3)CC2)ncn1. The highest BCUT2D eigenvalue weighted by Crippen LogP contribution is 2.25. The van der Waals surface area contributed by atoms with E-state index in [1.54, 1.807) is 6.33 Å². The first-order valence-electron chi connectivity index (χ1n) is 9.12. The lowest BCUT2D eigenvalue weighted by atomic mass is 9.90. The van der Waals surface area contributed by atoms with E-state index in [1.807, 2.05) is 0 Å². The predicted octanol–water partition coefficient (Wildman–Crippen LogP) is 4.15. The third-order valence-corrected chi connectivity index (χ3v) is 4.97. The molecule has 1 saturated heterocycles. The Bertz CT molecular complexity index is 621. The number of anilines is 2. The van der Waals surface area contributed by atoms with E-state index in [4.69, 9.17) is 0 Å². The molecular weight excluding hydrogens is 296 g/mol. The minimum absolute atomic E-state index is 0.435. The Balaban J connectivity index is 1.55. The molecule has 1 fully saturated rings. The van der Waals surface area contributed by atoms with Gasteiger partial charge in [-0.15, -0.1) is 0 Å². The Morgan fingerprint density at radius 1 is 1.17 bits per heavy atom. The number of aromatic nitrogens is 2. The molecule has 1 N–H and O–H groups in total. The van der Waals surface area contributed by atoms with Gasteiger partial charge in [-0.3, -0.25) is 0 Å². The summed E-state index contributed by atoms with van der Waals surface area (Å²) in [4.78, 5) is 11.2. The molecule has 4 nitrogen and oxygen atoms in total. The topological polar surface area (TPSA) is 41.0 Å². The summed E-state index contributed by atoms with van der Waals surface area (Å²) in [5.74, 6) is 2.76. The number of nitrogens with zero attached hydrogens (tertiary/aromatic N) is 3. The van der Waals surface area contributed by atoms with E-state index >= 15 is 0 Å². The van der Waals surface area contributed by atoms with Gasteiger partial charge in [0.2, 0.25) is 0 Å². The normalized spacial score (nSPS) is 16.8. The molecule has 3 rings (SSSR count). The lowest BCUT2D eigenvalue weighted by molar-refractivity contribution is 0.402. The molecule has 24 heavy (non-hydrogen) atoms. The molecule has 2 aromatic rings. The summed E-state index contributed by atoms with van der Waals surface area (Å²) in [5, 5.41) is 3.43. The zero-order valence-electron chi connectivity index (χ0n) is 14.8. The minimum atomic E-state index is 0.435. The van der Waals surface area contributed by atoms with Gasteiger partial charge >= 0.3 is 0 Å². The molecule has 0 saturated carbocycles. The molecule has 1 aliphatic heterocycles. The van der Waals surface area contributed by atoms with Crippen LogP contribution in [-0.4, -0.2) is 29.1 Å². The van der Waals surface area contributed by atoms with Crippen molar-refractivity contribution in [3.05, 3.63) is 48.3 Å². The molecule has 0 spiro atoms. The average molecular weight is 324 g/mol. The van der Waals surface area contributed by atoms with Crippen molar-refractivity contribution in [2.45, 2.75) is 45.6 Å². The molecule has 1 aromatic carbocycles. The molecule has 0 aliphatic carbocycles. The van der Waals surface area contributed by atoms with Crippen molar-refractivity contribution in [1.82, 2.24) is 9.97 Å². The van der Waals surface area contributed by atoms with Gasteiger partial charge in [0.15, 0.2) is 0 Å². The number of nitrogens with one attached hydrogen (secondary N) is 1. The number of piperidine rings is 1. The van der Waals surface area contributed by atoms with Crippen LogP contribution in [-0.2, 0) is 6.42 Å². The molecular formula is C20H28N4. The average Bonchev–Trinajstić information content (AvgIpc) is 2.63. The number of benzene rings is 1. The summed E-state index contributed by atoms with van der Waals surface area (Å²) in [7, 11) is 0. The summed E-state index contributed by atoms with van der Waals surface area (Å²) < 4.78 is 0. The maximum Gasteiger partial charge on any atom is 0.134 e. The summed E-state index contributed by atoms with van der Waals surface area (Å²) in [6, 6.07) is 13.4. The zero-order valence-corrected chi connectivity index (χ0v) is 14.8. The third-order valence-electron chi connectivity index (χ3n) is 4.97. The van der Waals surface area contributed by atoms with Crippen molar-refractivity contribution >= 4 is 11.6 Å². The summed E-state index contributed by atoms with van der Waals surface area (Å²) in [6.45, 7) is 6.52. The van der Waals surface area contributed by atoms with E-state index < -0.39 is 0 Å². The second-order valence-electron chi connectivity index (χ2n) is 6.84. The lowest BCUT2D eigenvalue weighted by Gasteiger charge is -2.33. The van der Waals surface area contributed by atoms with E-state index in [1.165, 1.54) is 24.8 Å². The first-order valence-corrected chi connectivity index (χ1v) is 9.12. The Morgan fingerprint density at radius 2 is 1.92 bits per heavy atom. The third kappa shape index (κ3) is 4.47. The highest BCUT2D eigenvalue weighted by Gasteiger charge is 2.20. The van der Waals surface area contributed by atoms with E-state index in [0.29, 0.717) is 6.04 Å². The quantitative estimate of drug-likeness (QED) is 0.867. The molecule has 1 atom stereocenters. The van der Waals surface area contributed by atoms with Gasteiger partial charge in [0.05, 0.1) is 0 Å². The van der Waals surface area contributed by atoms with Crippen LogP contribution in [0.5, 0.6) is 0 Å². The molecule has 1 aliphatic rings. The van der Waals surface area contributed by atoms with Crippen LogP contribution in [0, 0.1) is 5.92 Å². The Hall–Kier alpha value is -2.10. The van der Waals surface area contributed by atoms with Crippen molar-refractivity contribution in [1.29, 1.82) is 0 Å². The molecule has 2 heterocycles.